The quantitative estimate of drug-likeness (QED) is 0.816. The highest BCUT2D eigenvalue weighted by Gasteiger charge is 2.19. The Balaban J connectivity index is 3.01. The van der Waals surface area contributed by atoms with E-state index in [1.54, 1.807) is 6.07 Å². The lowest BCUT2D eigenvalue weighted by Crippen LogP contribution is -2.28. The van der Waals surface area contributed by atoms with Crippen molar-refractivity contribution in [1.82, 2.24) is 0 Å². The van der Waals surface area contributed by atoms with E-state index in [1.165, 1.54) is 12.1 Å². The molecule has 0 aliphatic heterocycles. The average Bonchev–Trinajstić information content (AvgIpc) is 2.20. The Labute approximate surface area is 87.5 Å². The van der Waals surface area contributed by atoms with Gasteiger partial charge < -0.3 is 10.8 Å². The smallest absolute Gasteiger partial charge is 0.147 e. The summed E-state index contributed by atoms with van der Waals surface area (Å²) in [6.45, 7) is 1.83. The molecule has 2 nitrogen and oxygen atoms in total. The van der Waals surface area contributed by atoms with Crippen LogP contribution in [0.15, 0.2) is 18.2 Å². The van der Waals surface area contributed by atoms with E-state index < -0.39 is 18.0 Å². The molecule has 0 unspecified atom stereocenters. The number of benzene rings is 1. The molecule has 3 N–H and O–H groups in total. The van der Waals surface area contributed by atoms with Crippen molar-refractivity contribution < 1.29 is 9.50 Å². The maximum Gasteiger partial charge on any atom is 0.147 e. The molecule has 0 amide bonds. The summed E-state index contributed by atoms with van der Waals surface area (Å²) in [5.74, 6) is -0.592. The van der Waals surface area contributed by atoms with E-state index in [0.29, 0.717) is 6.42 Å². The molecule has 0 heterocycles. The molecule has 0 saturated heterocycles. The van der Waals surface area contributed by atoms with Crippen LogP contribution in [0.1, 0.15) is 25.0 Å². The molecule has 1 rings (SSSR count). The third-order valence-corrected chi connectivity index (χ3v) is 2.47. The Morgan fingerprint density at radius 1 is 1.57 bits per heavy atom. The van der Waals surface area contributed by atoms with Crippen molar-refractivity contribution in [2.75, 3.05) is 0 Å². The Morgan fingerprint density at radius 2 is 2.21 bits per heavy atom. The maximum absolute atomic E-state index is 13.4. The fourth-order valence-electron chi connectivity index (χ4n) is 1.20. The van der Waals surface area contributed by atoms with Gasteiger partial charge in [0.1, 0.15) is 5.82 Å². The summed E-state index contributed by atoms with van der Waals surface area (Å²) in [4.78, 5) is 0. The third kappa shape index (κ3) is 2.23. The van der Waals surface area contributed by atoms with Crippen LogP contribution in [-0.2, 0) is 0 Å². The zero-order valence-corrected chi connectivity index (χ0v) is 8.63. The van der Waals surface area contributed by atoms with E-state index in [1.807, 2.05) is 6.92 Å². The molecule has 0 aliphatic carbocycles. The molecule has 0 saturated carbocycles. The number of aliphatic hydroxyl groups is 1. The second-order valence-electron chi connectivity index (χ2n) is 3.16. The number of rotatable bonds is 3. The molecule has 4 heteroatoms. The van der Waals surface area contributed by atoms with Gasteiger partial charge in [0.2, 0.25) is 0 Å². The van der Waals surface area contributed by atoms with E-state index in [9.17, 15) is 9.50 Å². The van der Waals surface area contributed by atoms with Crippen molar-refractivity contribution >= 4 is 11.6 Å². The van der Waals surface area contributed by atoms with Gasteiger partial charge in [-0.2, -0.15) is 0 Å². The molecule has 2 atom stereocenters. The van der Waals surface area contributed by atoms with Gasteiger partial charge in [0.05, 0.1) is 11.1 Å². The number of hydrogen-bond donors (Lipinski definition) is 2. The van der Waals surface area contributed by atoms with Crippen LogP contribution in [0.25, 0.3) is 0 Å². The second-order valence-corrected chi connectivity index (χ2v) is 3.57. The summed E-state index contributed by atoms with van der Waals surface area (Å²) < 4.78 is 13.4. The predicted octanol–water partition coefficient (Wildman–Crippen LogP) is 2.25. The minimum absolute atomic E-state index is 0.00449. The van der Waals surface area contributed by atoms with Gasteiger partial charge in [-0.25, -0.2) is 4.39 Å². The van der Waals surface area contributed by atoms with Gasteiger partial charge in [0.15, 0.2) is 0 Å². The van der Waals surface area contributed by atoms with Gasteiger partial charge >= 0.3 is 0 Å². The molecule has 1 aromatic carbocycles. The van der Waals surface area contributed by atoms with Gasteiger partial charge in [-0.15, -0.1) is 0 Å². The monoisotopic (exact) mass is 217 g/mol. The maximum atomic E-state index is 13.4. The summed E-state index contributed by atoms with van der Waals surface area (Å²) in [5.41, 5.74) is 5.77. The highest BCUT2D eigenvalue weighted by Crippen LogP contribution is 2.25. The van der Waals surface area contributed by atoms with Gasteiger partial charge in [0, 0.05) is 11.6 Å². The van der Waals surface area contributed by atoms with Crippen molar-refractivity contribution in [2.24, 2.45) is 5.73 Å². The van der Waals surface area contributed by atoms with Gasteiger partial charge in [-0.05, 0) is 12.5 Å². The van der Waals surface area contributed by atoms with Crippen LogP contribution >= 0.6 is 11.6 Å². The first-order chi connectivity index (χ1) is 6.57. The highest BCUT2D eigenvalue weighted by atomic mass is 35.5. The molecule has 1 aromatic rings. The first-order valence-corrected chi connectivity index (χ1v) is 4.83. The average molecular weight is 218 g/mol. The lowest BCUT2D eigenvalue weighted by Gasteiger charge is -2.18. The number of halogens is 2. The fourth-order valence-corrected chi connectivity index (χ4v) is 1.38. The number of aliphatic hydroxyl groups excluding tert-OH is 1. The van der Waals surface area contributed by atoms with Gasteiger partial charge in [0.25, 0.3) is 0 Å². The molecule has 0 radical (unpaired) electrons. The van der Waals surface area contributed by atoms with E-state index >= 15 is 0 Å². The molecule has 0 bridgehead atoms. The van der Waals surface area contributed by atoms with E-state index in [0.717, 1.165) is 0 Å². The first kappa shape index (κ1) is 11.4. The molecule has 0 aliphatic rings. The van der Waals surface area contributed by atoms with Crippen molar-refractivity contribution in [3.8, 4) is 0 Å². The fraction of sp³-hybridized carbons (Fsp3) is 0.400. The second kappa shape index (κ2) is 4.73. The first-order valence-electron chi connectivity index (χ1n) is 4.45. The zero-order valence-electron chi connectivity index (χ0n) is 7.87. The standard InChI is InChI=1S/C10H13ClFNO/c1-2-8(13)10(14)6-4-3-5-7(11)9(6)12/h3-5,8,10,14H,2,13H2,1H3/t8-,10+/m0/s1. The van der Waals surface area contributed by atoms with Crippen molar-refractivity contribution in [3.63, 3.8) is 0 Å². The Kier molecular flexibility index (Phi) is 3.86. The topological polar surface area (TPSA) is 46.2 Å². The number of nitrogens with two attached hydrogens (primary N) is 1. The summed E-state index contributed by atoms with van der Waals surface area (Å²) in [6.07, 6.45) is -0.425. The van der Waals surface area contributed by atoms with Crippen LogP contribution in [0.5, 0.6) is 0 Å². The summed E-state index contributed by atoms with van der Waals surface area (Å²) >= 11 is 5.58. The lowest BCUT2D eigenvalue weighted by atomic mass is 10.0. The van der Waals surface area contributed by atoms with Crippen LogP contribution in [0.3, 0.4) is 0 Å². The van der Waals surface area contributed by atoms with Crippen molar-refractivity contribution in [1.29, 1.82) is 0 Å². The Bertz CT molecular complexity index is 319. The van der Waals surface area contributed by atoms with Gasteiger partial charge in [-0.1, -0.05) is 30.7 Å². The Morgan fingerprint density at radius 3 is 2.79 bits per heavy atom. The number of hydrogen-bond acceptors (Lipinski definition) is 2. The zero-order chi connectivity index (χ0) is 10.7. The highest BCUT2D eigenvalue weighted by molar-refractivity contribution is 6.30. The molecular weight excluding hydrogens is 205 g/mol. The predicted molar refractivity (Wildman–Crippen MR) is 54.6 cm³/mol. The molecular formula is C10H13ClFNO. The molecule has 0 spiro atoms. The van der Waals surface area contributed by atoms with Crippen LogP contribution < -0.4 is 5.73 Å². The lowest BCUT2D eigenvalue weighted by molar-refractivity contribution is 0.140. The van der Waals surface area contributed by atoms with Crippen LogP contribution in [-0.4, -0.2) is 11.1 Å². The van der Waals surface area contributed by atoms with Crippen LogP contribution in [0.4, 0.5) is 4.39 Å². The summed E-state index contributed by atoms with van der Waals surface area (Å²) in [7, 11) is 0. The molecule has 78 valence electrons. The minimum Gasteiger partial charge on any atom is -0.387 e. The van der Waals surface area contributed by atoms with E-state index in [2.05, 4.69) is 0 Å². The molecule has 0 aromatic heterocycles. The van der Waals surface area contributed by atoms with Crippen molar-refractivity contribution in [3.05, 3.63) is 34.6 Å². The SMILES string of the molecule is CC[C@H](N)[C@H](O)c1cccc(Cl)c1F. The van der Waals surface area contributed by atoms with Gasteiger partial charge in [-0.3, -0.25) is 0 Å². The third-order valence-electron chi connectivity index (χ3n) is 2.18. The van der Waals surface area contributed by atoms with Crippen molar-refractivity contribution in [2.45, 2.75) is 25.5 Å². The minimum atomic E-state index is -1.00. The molecule has 14 heavy (non-hydrogen) atoms. The van der Waals surface area contributed by atoms with E-state index in [-0.39, 0.29) is 10.6 Å². The summed E-state index contributed by atoms with van der Waals surface area (Å²) in [6, 6.07) is 4.04. The van der Waals surface area contributed by atoms with Crippen LogP contribution in [0, 0.1) is 5.82 Å². The van der Waals surface area contributed by atoms with E-state index in [4.69, 9.17) is 17.3 Å². The largest absolute Gasteiger partial charge is 0.387 e. The molecule has 0 fully saturated rings. The normalized spacial score (nSPS) is 15.2. The summed E-state index contributed by atoms with van der Waals surface area (Å²) in [5, 5.41) is 9.68. The Hall–Kier alpha value is -0.640. The van der Waals surface area contributed by atoms with Crippen LogP contribution in [0.2, 0.25) is 5.02 Å².